The Morgan fingerprint density at radius 3 is 2.75 bits per heavy atom. The number of benzene rings is 2. The fourth-order valence-corrected chi connectivity index (χ4v) is 3.65. The Balaban J connectivity index is 1.42. The van der Waals surface area contributed by atoms with E-state index in [4.69, 9.17) is 4.74 Å². The lowest BCUT2D eigenvalue weighted by Gasteiger charge is -2.27. The Morgan fingerprint density at radius 2 is 1.86 bits per heavy atom. The Kier molecular flexibility index (Phi) is 5.06. The third kappa shape index (κ3) is 3.74. The highest BCUT2D eigenvalue weighted by Gasteiger charge is 2.25. The topological polar surface area (TPSA) is 68.3 Å². The van der Waals surface area contributed by atoms with Crippen molar-refractivity contribution in [3.05, 3.63) is 77.5 Å². The highest BCUT2D eigenvalue weighted by Crippen LogP contribution is 2.29. The fraction of sp³-hybridized carbons (Fsp3) is 0.261. The smallest absolute Gasteiger partial charge is 0.357 e. The number of fused-ring (bicyclic) bond motifs is 2. The average Bonchev–Trinajstić information content (AvgIpc) is 2.73. The zero-order chi connectivity index (χ0) is 19.5. The summed E-state index contributed by atoms with van der Waals surface area (Å²) in [7, 11) is 0. The summed E-state index contributed by atoms with van der Waals surface area (Å²) >= 11 is 0. The normalized spacial score (nSPS) is 16.8. The molecule has 0 radical (unpaired) electrons. The largest absolute Gasteiger partial charge is 0.448 e. The Hall–Kier alpha value is -3.21. The molecule has 0 saturated carbocycles. The summed E-state index contributed by atoms with van der Waals surface area (Å²) in [4.78, 5) is 29.3. The molecule has 0 saturated heterocycles. The van der Waals surface area contributed by atoms with E-state index in [9.17, 15) is 9.59 Å². The van der Waals surface area contributed by atoms with Crippen molar-refractivity contribution < 1.29 is 14.3 Å². The highest BCUT2D eigenvalue weighted by atomic mass is 16.5. The van der Waals surface area contributed by atoms with Gasteiger partial charge in [0.15, 0.2) is 6.10 Å². The molecule has 1 N–H and O–H groups in total. The van der Waals surface area contributed by atoms with Crippen molar-refractivity contribution in [2.75, 3.05) is 0 Å². The molecule has 1 aliphatic carbocycles. The van der Waals surface area contributed by atoms with E-state index in [2.05, 4.69) is 22.4 Å². The van der Waals surface area contributed by atoms with Crippen LogP contribution in [0.15, 0.2) is 60.7 Å². The molecule has 1 heterocycles. The van der Waals surface area contributed by atoms with Crippen LogP contribution in [0.5, 0.6) is 0 Å². The van der Waals surface area contributed by atoms with Gasteiger partial charge >= 0.3 is 5.97 Å². The lowest BCUT2D eigenvalue weighted by atomic mass is 9.87. The SMILES string of the molecule is C[C@@H](OC(=O)c1ccc2ccccc2n1)C(=O)N[C@@H]1CCCc2ccccc21. The molecule has 0 bridgehead atoms. The zero-order valence-corrected chi connectivity index (χ0v) is 15.7. The van der Waals surface area contributed by atoms with Gasteiger partial charge in [0.05, 0.1) is 11.6 Å². The standard InChI is InChI=1S/C23H22N2O3/c1-15(22(26)25-20-12-6-9-16-7-2-4-10-18(16)20)28-23(27)21-14-13-17-8-3-5-11-19(17)24-21/h2-5,7-8,10-11,13-15,20H,6,9,12H2,1H3,(H,25,26)/t15-,20-/m1/s1. The van der Waals surface area contributed by atoms with Crippen molar-refractivity contribution >= 4 is 22.8 Å². The number of carbonyl (C=O) groups excluding carboxylic acids is 2. The van der Waals surface area contributed by atoms with Gasteiger partial charge in [-0.2, -0.15) is 0 Å². The van der Waals surface area contributed by atoms with Crippen molar-refractivity contribution in [3.63, 3.8) is 0 Å². The van der Waals surface area contributed by atoms with Crippen LogP contribution in [0.4, 0.5) is 0 Å². The van der Waals surface area contributed by atoms with Gasteiger partial charge in [-0.3, -0.25) is 4.79 Å². The zero-order valence-electron chi connectivity index (χ0n) is 15.7. The van der Waals surface area contributed by atoms with E-state index < -0.39 is 12.1 Å². The number of ether oxygens (including phenoxy) is 1. The summed E-state index contributed by atoms with van der Waals surface area (Å²) in [5.41, 5.74) is 3.33. The molecular weight excluding hydrogens is 352 g/mol. The number of hydrogen-bond donors (Lipinski definition) is 1. The molecule has 2 aromatic carbocycles. The minimum atomic E-state index is -0.894. The van der Waals surface area contributed by atoms with Crippen molar-refractivity contribution in [2.45, 2.75) is 38.3 Å². The molecule has 4 rings (SSSR count). The molecule has 3 aromatic rings. The number of aryl methyl sites for hydroxylation is 1. The number of pyridine rings is 1. The van der Waals surface area contributed by atoms with E-state index in [1.807, 2.05) is 42.5 Å². The highest BCUT2D eigenvalue weighted by molar-refractivity contribution is 5.93. The van der Waals surface area contributed by atoms with Crippen LogP contribution in [0.3, 0.4) is 0 Å². The van der Waals surface area contributed by atoms with Crippen molar-refractivity contribution in [3.8, 4) is 0 Å². The van der Waals surface area contributed by atoms with E-state index >= 15 is 0 Å². The summed E-state index contributed by atoms with van der Waals surface area (Å²) in [6.07, 6.45) is 2.04. The lowest BCUT2D eigenvalue weighted by molar-refractivity contribution is -0.130. The van der Waals surface area contributed by atoms with E-state index in [1.54, 1.807) is 13.0 Å². The van der Waals surface area contributed by atoms with Crippen LogP contribution >= 0.6 is 0 Å². The van der Waals surface area contributed by atoms with Crippen LogP contribution in [0.25, 0.3) is 10.9 Å². The molecule has 5 nitrogen and oxygen atoms in total. The van der Waals surface area contributed by atoms with Gasteiger partial charge in [0.2, 0.25) is 0 Å². The molecule has 0 aliphatic heterocycles. The van der Waals surface area contributed by atoms with Gasteiger partial charge in [-0.1, -0.05) is 48.5 Å². The Bertz CT molecular complexity index is 1030. The summed E-state index contributed by atoms with van der Waals surface area (Å²) < 4.78 is 5.36. The van der Waals surface area contributed by atoms with Crippen LogP contribution in [0.1, 0.15) is 47.4 Å². The Labute approximate surface area is 163 Å². The van der Waals surface area contributed by atoms with Crippen LogP contribution in [0, 0.1) is 0 Å². The third-order valence-corrected chi connectivity index (χ3v) is 5.15. The minimum Gasteiger partial charge on any atom is -0.448 e. The van der Waals surface area contributed by atoms with Gasteiger partial charge in [-0.25, -0.2) is 9.78 Å². The van der Waals surface area contributed by atoms with Crippen LogP contribution in [0.2, 0.25) is 0 Å². The summed E-state index contributed by atoms with van der Waals surface area (Å²) in [5, 5.41) is 3.97. The first-order chi connectivity index (χ1) is 13.6. The fourth-order valence-electron chi connectivity index (χ4n) is 3.65. The number of amides is 1. The quantitative estimate of drug-likeness (QED) is 0.702. The maximum absolute atomic E-state index is 12.6. The summed E-state index contributed by atoms with van der Waals surface area (Å²) in [6.45, 7) is 1.59. The molecular formula is C23H22N2O3. The van der Waals surface area contributed by atoms with E-state index in [-0.39, 0.29) is 17.6 Å². The van der Waals surface area contributed by atoms with E-state index in [1.165, 1.54) is 5.56 Å². The summed E-state index contributed by atoms with van der Waals surface area (Å²) in [5.74, 6) is -0.895. The Morgan fingerprint density at radius 1 is 1.07 bits per heavy atom. The van der Waals surface area contributed by atoms with Gasteiger partial charge < -0.3 is 10.1 Å². The molecule has 0 spiro atoms. The third-order valence-electron chi connectivity index (χ3n) is 5.15. The second kappa shape index (κ2) is 7.80. The maximum Gasteiger partial charge on any atom is 0.357 e. The van der Waals surface area contributed by atoms with Crippen molar-refractivity contribution in [2.24, 2.45) is 0 Å². The first-order valence-electron chi connectivity index (χ1n) is 9.57. The van der Waals surface area contributed by atoms with Gasteiger partial charge in [-0.15, -0.1) is 0 Å². The molecule has 1 aromatic heterocycles. The number of hydrogen-bond acceptors (Lipinski definition) is 4. The first kappa shape index (κ1) is 18.2. The van der Waals surface area contributed by atoms with Gasteiger partial charge in [0.25, 0.3) is 5.91 Å². The number of esters is 1. The molecule has 1 aliphatic rings. The number of nitrogens with zero attached hydrogens (tertiary/aromatic N) is 1. The van der Waals surface area contributed by atoms with Crippen LogP contribution in [-0.4, -0.2) is 23.0 Å². The summed E-state index contributed by atoms with van der Waals surface area (Å²) in [6, 6.07) is 19.1. The van der Waals surface area contributed by atoms with Gasteiger partial charge in [0.1, 0.15) is 5.69 Å². The van der Waals surface area contributed by atoms with Gasteiger partial charge in [-0.05, 0) is 49.4 Å². The molecule has 142 valence electrons. The molecule has 0 unspecified atom stereocenters. The number of rotatable bonds is 4. The predicted octanol–water partition coefficient (Wildman–Crippen LogP) is 3.97. The first-order valence-corrected chi connectivity index (χ1v) is 9.57. The maximum atomic E-state index is 12.6. The van der Waals surface area contributed by atoms with Gasteiger partial charge in [0, 0.05) is 5.39 Å². The van der Waals surface area contributed by atoms with Crippen LogP contribution < -0.4 is 5.32 Å². The molecule has 5 heteroatoms. The van der Waals surface area contributed by atoms with Crippen molar-refractivity contribution in [1.29, 1.82) is 0 Å². The molecule has 28 heavy (non-hydrogen) atoms. The monoisotopic (exact) mass is 374 g/mol. The minimum absolute atomic E-state index is 0.0441. The molecule has 2 atom stereocenters. The lowest BCUT2D eigenvalue weighted by Crippen LogP contribution is -2.39. The van der Waals surface area contributed by atoms with E-state index in [0.717, 1.165) is 30.2 Å². The average molecular weight is 374 g/mol. The predicted molar refractivity (Wildman–Crippen MR) is 107 cm³/mol. The van der Waals surface area contributed by atoms with Crippen LogP contribution in [-0.2, 0) is 16.0 Å². The second-order valence-corrected chi connectivity index (χ2v) is 7.09. The van der Waals surface area contributed by atoms with E-state index in [0.29, 0.717) is 5.52 Å². The number of nitrogens with one attached hydrogen (secondary N) is 1. The number of aromatic nitrogens is 1. The number of para-hydroxylation sites is 1. The second-order valence-electron chi connectivity index (χ2n) is 7.09. The van der Waals surface area contributed by atoms with Crippen molar-refractivity contribution in [1.82, 2.24) is 10.3 Å². The molecule has 1 amide bonds. The number of carbonyl (C=O) groups is 2. The molecule has 0 fully saturated rings.